The maximum atomic E-state index is 8.62. The molecule has 2 atom stereocenters. The second kappa shape index (κ2) is 2.96. The molecule has 0 aromatic carbocycles. The van der Waals surface area contributed by atoms with E-state index in [0.717, 1.165) is 0 Å². The van der Waals surface area contributed by atoms with E-state index in [-0.39, 0.29) is 6.10 Å². The molecule has 0 aliphatic rings. The number of rotatable bonds is 2. The van der Waals surface area contributed by atoms with E-state index >= 15 is 0 Å². The number of hydrogen-bond donors (Lipinski definition) is 2. The van der Waals surface area contributed by atoms with Gasteiger partial charge in [-0.3, -0.25) is 4.84 Å². The van der Waals surface area contributed by atoms with Crippen molar-refractivity contribution < 1.29 is 9.94 Å². The van der Waals surface area contributed by atoms with Crippen molar-refractivity contribution in [2.75, 3.05) is 0 Å². The molecule has 0 aliphatic carbocycles. The van der Waals surface area contributed by atoms with E-state index in [1.807, 2.05) is 0 Å². The predicted molar refractivity (Wildman–Crippen MR) is 26.4 cm³/mol. The van der Waals surface area contributed by atoms with Gasteiger partial charge in [-0.1, -0.05) is 0 Å². The van der Waals surface area contributed by atoms with Crippen LogP contribution in [-0.4, -0.2) is 17.3 Å². The first-order valence-electron chi connectivity index (χ1n) is 2.22. The van der Waals surface area contributed by atoms with Crippen LogP contribution in [0.4, 0.5) is 0 Å². The molecule has 7 heavy (non-hydrogen) atoms. The second-order valence-electron chi connectivity index (χ2n) is 1.58. The van der Waals surface area contributed by atoms with E-state index in [4.69, 9.17) is 11.0 Å². The van der Waals surface area contributed by atoms with Crippen molar-refractivity contribution in [3.05, 3.63) is 0 Å². The average molecular weight is 105 g/mol. The molecule has 3 nitrogen and oxygen atoms in total. The summed E-state index contributed by atoms with van der Waals surface area (Å²) in [5.41, 5.74) is 0. The standard InChI is InChI=1S/C4H11NO2/c1-3(6)4(2)7-5/h3-4,6H,5H2,1-2H3/t3-,4-/m0/s1. The lowest BCUT2D eigenvalue weighted by Crippen LogP contribution is -2.25. The van der Waals surface area contributed by atoms with E-state index in [0.29, 0.717) is 0 Å². The van der Waals surface area contributed by atoms with Gasteiger partial charge in [-0.05, 0) is 13.8 Å². The van der Waals surface area contributed by atoms with Crippen LogP contribution in [0.2, 0.25) is 0 Å². The number of hydrogen-bond acceptors (Lipinski definition) is 3. The first-order chi connectivity index (χ1) is 3.18. The van der Waals surface area contributed by atoms with Gasteiger partial charge in [-0.25, -0.2) is 5.90 Å². The maximum Gasteiger partial charge on any atom is 0.101 e. The molecule has 0 heterocycles. The first-order valence-corrected chi connectivity index (χ1v) is 2.22. The molecule has 0 unspecified atom stereocenters. The fraction of sp³-hybridized carbons (Fsp3) is 1.00. The third-order valence-corrected chi connectivity index (χ3v) is 0.894. The van der Waals surface area contributed by atoms with E-state index in [1.165, 1.54) is 0 Å². The summed E-state index contributed by atoms with van der Waals surface area (Å²) in [4.78, 5) is 4.26. The Bertz CT molecular complexity index is 47.0. The fourth-order valence-electron chi connectivity index (χ4n) is 0.114. The van der Waals surface area contributed by atoms with Crippen molar-refractivity contribution in [3.63, 3.8) is 0 Å². The van der Waals surface area contributed by atoms with Crippen molar-refractivity contribution in [1.82, 2.24) is 0 Å². The molecule has 0 fully saturated rings. The van der Waals surface area contributed by atoms with Gasteiger partial charge in [0.1, 0.15) is 6.10 Å². The van der Waals surface area contributed by atoms with Gasteiger partial charge in [-0.15, -0.1) is 0 Å². The quantitative estimate of drug-likeness (QED) is 0.472. The van der Waals surface area contributed by atoms with Crippen LogP contribution in [0.15, 0.2) is 0 Å². The molecule has 44 valence electrons. The Kier molecular flexibility index (Phi) is 2.91. The van der Waals surface area contributed by atoms with E-state index in [1.54, 1.807) is 13.8 Å². The summed E-state index contributed by atoms with van der Waals surface area (Å²) in [5, 5.41) is 8.62. The minimum absolute atomic E-state index is 0.264. The number of aliphatic hydroxyl groups excluding tert-OH is 1. The number of aliphatic hydroxyl groups is 1. The zero-order chi connectivity index (χ0) is 5.86. The molecule has 3 N–H and O–H groups in total. The van der Waals surface area contributed by atoms with Gasteiger partial charge >= 0.3 is 0 Å². The van der Waals surface area contributed by atoms with Crippen LogP contribution in [0.25, 0.3) is 0 Å². The summed E-state index contributed by atoms with van der Waals surface area (Å²) in [7, 11) is 0. The molecule has 0 spiro atoms. The van der Waals surface area contributed by atoms with Crippen LogP contribution in [-0.2, 0) is 4.84 Å². The van der Waals surface area contributed by atoms with Gasteiger partial charge in [0.25, 0.3) is 0 Å². The second-order valence-corrected chi connectivity index (χ2v) is 1.58. The zero-order valence-corrected chi connectivity index (χ0v) is 4.59. The predicted octanol–water partition coefficient (Wildman–Crippen LogP) is -0.354. The van der Waals surface area contributed by atoms with Gasteiger partial charge in [0, 0.05) is 0 Å². The number of nitrogens with two attached hydrogens (primary N) is 1. The Morgan fingerprint density at radius 3 is 2.00 bits per heavy atom. The van der Waals surface area contributed by atoms with Crippen molar-refractivity contribution in [2.24, 2.45) is 5.90 Å². The summed E-state index contributed by atoms with van der Waals surface area (Å²) in [5.74, 6) is 4.71. The highest BCUT2D eigenvalue weighted by Gasteiger charge is 2.05. The van der Waals surface area contributed by atoms with Crippen molar-refractivity contribution in [2.45, 2.75) is 26.1 Å². The van der Waals surface area contributed by atoms with Crippen LogP contribution in [0, 0.1) is 0 Å². The van der Waals surface area contributed by atoms with Gasteiger partial charge < -0.3 is 5.11 Å². The highest BCUT2D eigenvalue weighted by Crippen LogP contribution is 1.91. The van der Waals surface area contributed by atoms with Crippen molar-refractivity contribution in [1.29, 1.82) is 0 Å². The first kappa shape index (κ1) is 6.88. The average Bonchev–Trinajstić information content (AvgIpc) is 1.65. The largest absolute Gasteiger partial charge is 0.391 e. The van der Waals surface area contributed by atoms with Crippen molar-refractivity contribution in [3.8, 4) is 0 Å². The minimum Gasteiger partial charge on any atom is -0.391 e. The van der Waals surface area contributed by atoms with Gasteiger partial charge in [0.05, 0.1) is 6.10 Å². The molecule has 0 aliphatic heterocycles. The van der Waals surface area contributed by atoms with Crippen molar-refractivity contribution >= 4 is 0 Å². The Balaban J connectivity index is 3.14. The summed E-state index contributed by atoms with van der Waals surface area (Å²) in [6, 6.07) is 0. The highest BCUT2D eigenvalue weighted by molar-refractivity contribution is 4.53. The fourth-order valence-corrected chi connectivity index (χ4v) is 0.114. The van der Waals surface area contributed by atoms with Crippen LogP contribution in [0.5, 0.6) is 0 Å². The summed E-state index contributed by atoms with van der Waals surface area (Å²) in [6.07, 6.45) is -0.745. The van der Waals surface area contributed by atoms with Gasteiger partial charge in [0.15, 0.2) is 0 Å². The third-order valence-electron chi connectivity index (χ3n) is 0.894. The SMILES string of the molecule is C[C@H](O)[C@H](C)ON. The normalized spacial score (nSPS) is 18.9. The molecule has 0 aromatic rings. The monoisotopic (exact) mass is 105 g/mol. The Morgan fingerprint density at radius 1 is 1.57 bits per heavy atom. The lowest BCUT2D eigenvalue weighted by molar-refractivity contribution is -0.0193. The van der Waals surface area contributed by atoms with Gasteiger partial charge in [-0.2, -0.15) is 0 Å². The summed E-state index contributed by atoms with van der Waals surface area (Å²) in [6.45, 7) is 3.32. The molecule has 0 amide bonds. The highest BCUT2D eigenvalue weighted by atomic mass is 16.6. The van der Waals surface area contributed by atoms with E-state index in [9.17, 15) is 0 Å². The molecule has 3 heteroatoms. The van der Waals surface area contributed by atoms with E-state index in [2.05, 4.69) is 4.84 Å². The maximum absolute atomic E-state index is 8.62. The molecule has 0 aromatic heterocycles. The van der Waals surface area contributed by atoms with E-state index < -0.39 is 6.10 Å². The summed E-state index contributed by atoms with van der Waals surface area (Å²) >= 11 is 0. The minimum atomic E-state index is -0.481. The molecule has 0 bridgehead atoms. The molecule has 0 saturated carbocycles. The third kappa shape index (κ3) is 2.56. The van der Waals surface area contributed by atoms with Gasteiger partial charge in [0.2, 0.25) is 0 Å². The Labute approximate surface area is 43.0 Å². The molecule has 0 radical (unpaired) electrons. The topological polar surface area (TPSA) is 55.5 Å². The Morgan fingerprint density at radius 2 is 2.00 bits per heavy atom. The molecular formula is C4H11NO2. The lowest BCUT2D eigenvalue weighted by atomic mass is 10.3. The zero-order valence-electron chi connectivity index (χ0n) is 4.59. The van der Waals surface area contributed by atoms with Crippen LogP contribution in [0.1, 0.15) is 13.8 Å². The van der Waals surface area contributed by atoms with Crippen LogP contribution < -0.4 is 5.90 Å². The Hall–Kier alpha value is -0.120. The van der Waals surface area contributed by atoms with Crippen LogP contribution >= 0.6 is 0 Å². The summed E-state index contributed by atoms with van der Waals surface area (Å²) < 4.78 is 0. The molecule has 0 saturated heterocycles. The molecular weight excluding hydrogens is 94.0 g/mol. The smallest absolute Gasteiger partial charge is 0.101 e. The lowest BCUT2D eigenvalue weighted by Gasteiger charge is -2.09. The van der Waals surface area contributed by atoms with Crippen LogP contribution in [0.3, 0.4) is 0 Å². The molecule has 0 rings (SSSR count).